The Balaban J connectivity index is 1.32. The zero-order chi connectivity index (χ0) is 21.5. The molecule has 1 saturated heterocycles. The normalized spacial score (nSPS) is 23.3. The Bertz CT molecular complexity index is 902. The number of nitrogens with zero attached hydrogens (tertiary/aromatic N) is 2. The van der Waals surface area contributed by atoms with E-state index >= 15 is 0 Å². The molecule has 0 N–H and O–H groups in total. The quantitative estimate of drug-likeness (QED) is 0.681. The van der Waals surface area contributed by atoms with E-state index in [-0.39, 0.29) is 17.5 Å². The van der Waals surface area contributed by atoms with Gasteiger partial charge in [0, 0.05) is 38.9 Å². The molecule has 0 bridgehead atoms. The Labute approximate surface area is 172 Å². The van der Waals surface area contributed by atoms with E-state index in [9.17, 15) is 18.0 Å². The second-order valence-corrected chi connectivity index (χ2v) is 7.81. The van der Waals surface area contributed by atoms with Crippen LogP contribution in [-0.2, 0) is 17.9 Å². The van der Waals surface area contributed by atoms with Gasteiger partial charge in [0.25, 0.3) is 5.91 Å². The number of methoxy groups -OCH3 is 1. The molecule has 1 aliphatic carbocycles. The molecule has 2 fully saturated rings. The Morgan fingerprint density at radius 1 is 1.20 bits per heavy atom. The highest BCUT2D eigenvalue weighted by atomic mass is 19.4. The molecule has 2 heterocycles. The van der Waals surface area contributed by atoms with Crippen LogP contribution in [0.3, 0.4) is 0 Å². The van der Waals surface area contributed by atoms with Gasteiger partial charge in [0.2, 0.25) is 0 Å². The van der Waals surface area contributed by atoms with Gasteiger partial charge < -0.3 is 18.8 Å². The lowest BCUT2D eigenvalue weighted by Gasteiger charge is -2.24. The van der Waals surface area contributed by atoms with Crippen LogP contribution < -0.4 is 4.74 Å². The lowest BCUT2D eigenvalue weighted by Crippen LogP contribution is -2.36. The summed E-state index contributed by atoms with van der Waals surface area (Å²) in [6.07, 6.45) is -4.79. The standard InChI is InChI=1S/C21H23F3N2O4/c1-25(20(27)13-4-3-5-14(8-13)30-21(22,23)24)19-17-10-26(11-18(17)19)9-15-6-7-16(29-15)12-28-2/h3-8,17-19H,9-12H2,1-2H3. The maximum absolute atomic E-state index is 12.8. The van der Waals surface area contributed by atoms with Crippen LogP contribution in [0, 0.1) is 11.8 Å². The van der Waals surface area contributed by atoms with Gasteiger partial charge in [-0.25, -0.2) is 0 Å². The third-order valence-electron chi connectivity index (χ3n) is 5.69. The van der Waals surface area contributed by atoms with Crippen molar-refractivity contribution in [2.24, 2.45) is 11.8 Å². The van der Waals surface area contributed by atoms with Gasteiger partial charge in [-0.3, -0.25) is 9.69 Å². The fourth-order valence-electron chi connectivity index (χ4n) is 4.40. The highest BCUT2D eigenvalue weighted by molar-refractivity contribution is 5.95. The van der Waals surface area contributed by atoms with Gasteiger partial charge in [0.05, 0.1) is 6.54 Å². The third-order valence-corrected chi connectivity index (χ3v) is 5.69. The second-order valence-electron chi connectivity index (χ2n) is 7.81. The zero-order valence-corrected chi connectivity index (χ0v) is 16.7. The first-order chi connectivity index (χ1) is 14.2. The highest BCUT2D eigenvalue weighted by Gasteiger charge is 2.58. The third kappa shape index (κ3) is 4.46. The first kappa shape index (κ1) is 20.7. The SMILES string of the molecule is COCc1ccc(CN2CC3C(C2)C3N(C)C(=O)c2cccc(OC(F)(F)F)c2)o1. The van der Waals surface area contributed by atoms with Gasteiger partial charge >= 0.3 is 6.36 Å². The molecule has 2 unspecified atom stereocenters. The van der Waals surface area contributed by atoms with Crippen LogP contribution in [0.15, 0.2) is 40.8 Å². The van der Waals surface area contributed by atoms with Crippen molar-refractivity contribution in [3.8, 4) is 5.75 Å². The van der Waals surface area contributed by atoms with Crippen LogP contribution >= 0.6 is 0 Å². The molecule has 1 aromatic carbocycles. The van der Waals surface area contributed by atoms with E-state index in [2.05, 4.69) is 9.64 Å². The van der Waals surface area contributed by atoms with Gasteiger partial charge in [0.15, 0.2) is 0 Å². The van der Waals surface area contributed by atoms with Gasteiger partial charge in [-0.15, -0.1) is 13.2 Å². The van der Waals surface area contributed by atoms with E-state index in [0.717, 1.165) is 30.7 Å². The van der Waals surface area contributed by atoms with Gasteiger partial charge in [-0.05, 0) is 42.2 Å². The lowest BCUT2D eigenvalue weighted by molar-refractivity contribution is -0.274. The van der Waals surface area contributed by atoms with Crippen molar-refractivity contribution in [1.82, 2.24) is 9.80 Å². The van der Waals surface area contributed by atoms with E-state index in [0.29, 0.717) is 25.0 Å². The number of ether oxygens (including phenoxy) is 2. The van der Waals surface area contributed by atoms with Crippen LogP contribution in [0.5, 0.6) is 5.75 Å². The number of hydrogen-bond donors (Lipinski definition) is 0. The smallest absolute Gasteiger partial charge is 0.462 e. The van der Waals surface area contributed by atoms with Crippen LogP contribution in [-0.4, -0.2) is 55.4 Å². The number of fused-ring (bicyclic) bond motifs is 1. The molecule has 2 aromatic rings. The largest absolute Gasteiger partial charge is 0.573 e. The number of carbonyl (C=O) groups is 1. The number of rotatable bonds is 7. The molecule has 1 amide bonds. The van der Waals surface area contributed by atoms with Crippen molar-refractivity contribution in [3.63, 3.8) is 0 Å². The molecular formula is C21H23F3N2O4. The van der Waals surface area contributed by atoms with Crippen LogP contribution in [0.2, 0.25) is 0 Å². The number of carbonyl (C=O) groups excluding carboxylic acids is 1. The van der Waals surface area contributed by atoms with E-state index in [1.165, 1.54) is 18.2 Å². The minimum absolute atomic E-state index is 0.0987. The number of hydrogen-bond acceptors (Lipinski definition) is 5. The van der Waals surface area contributed by atoms with Gasteiger partial charge in [-0.1, -0.05) is 6.07 Å². The monoisotopic (exact) mass is 424 g/mol. The maximum atomic E-state index is 12.8. The number of likely N-dealkylation sites (tertiary alicyclic amines) is 1. The Morgan fingerprint density at radius 3 is 2.57 bits per heavy atom. The Hall–Kier alpha value is -2.52. The number of halogens is 3. The first-order valence-corrected chi connectivity index (χ1v) is 9.67. The fourth-order valence-corrected chi connectivity index (χ4v) is 4.40. The van der Waals surface area contributed by atoms with Gasteiger partial charge in [0.1, 0.15) is 23.9 Å². The summed E-state index contributed by atoms with van der Waals surface area (Å²) in [5.41, 5.74) is 0.183. The minimum Gasteiger partial charge on any atom is -0.462 e. The molecule has 162 valence electrons. The maximum Gasteiger partial charge on any atom is 0.573 e. The molecule has 0 radical (unpaired) electrons. The molecule has 2 atom stereocenters. The zero-order valence-electron chi connectivity index (χ0n) is 16.7. The summed E-state index contributed by atoms with van der Waals surface area (Å²) >= 11 is 0. The second kappa shape index (κ2) is 7.96. The Morgan fingerprint density at radius 2 is 1.90 bits per heavy atom. The van der Waals surface area contributed by atoms with Crippen LogP contribution in [0.25, 0.3) is 0 Å². The average Bonchev–Trinajstić information content (AvgIpc) is 3.00. The predicted octanol–water partition coefficient (Wildman–Crippen LogP) is 3.53. The summed E-state index contributed by atoms with van der Waals surface area (Å²) in [5, 5.41) is 0. The summed E-state index contributed by atoms with van der Waals surface area (Å²) in [7, 11) is 3.32. The predicted molar refractivity (Wildman–Crippen MR) is 101 cm³/mol. The Kier molecular flexibility index (Phi) is 5.50. The van der Waals surface area contributed by atoms with Crippen molar-refractivity contribution in [2.45, 2.75) is 25.6 Å². The first-order valence-electron chi connectivity index (χ1n) is 9.67. The van der Waals surface area contributed by atoms with E-state index in [1.54, 1.807) is 19.1 Å². The van der Waals surface area contributed by atoms with Crippen LogP contribution in [0.1, 0.15) is 21.9 Å². The number of alkyl halides is 3. The number of piperidine rings is 1. The minimum atomic E-state index is -4.79. The number of furan rings is 1. The lowest BCUT2D eigenvalue weighted by atomic mass is 10.2. The molecule has 0 spiro atoms. The molecule has 1 saturated carbocycles. The summed E-state index contributed by atoms with van der Waals surface area (Å²) in [4.78, 5) is 16.7. The van der Waals surface area contributed by atoms with Crippen molar-refractivity contribution in [2.75, 3.05) is 27.2 Å². The molecular weight excluding hydrogens is 401 g/mol. The summed E-state index contributed by atoms with van der Waals surface area (Å²) < 4.78 is 52.0. The van der Waals surface area contributed by atoms with Crippen molar-refractivity contribution in [3.05, 3.63) is 53.5 Å². The van der Waals surface area contributed by atoms with E-state index in [1.807, 2.05) is 12.1 Å². The molecule has 9 heteroatoms. The topological polar surface area (TPSA) is 55.2 Å². The molecule has 30 heavy (non-hydrogen) atoms. The number of amides is 1. The summed E-state index contributed by atoms with van der Waals surface area (Å²) in [6, 6.07) is 9.15. The average molecular weight is 424 g/mol. The van der Waals surface area contributed by atoms with Crippen molar-refractivity contribution >= 4 is 5.91 Å². The van der Waals surface area contributed by atoms with Crippen LogP contribution in [0.4, 0.5) is 13.2 Å². The molecule has 1 aromatic heterocycles. The number of benzene rings is 1. The van der Waals surface area contributed by atoms with Crippen molar-refractivity contribution in [1.29, 1.82) is 0 Å². The molecule has 6 nitrogen and oxygen atoms in total. The molecule has 4 rings (SSSR count). The highest BCUT2D eigenvalue weighted by Crippen LogP contribution is 2.49. The van der Waals surface area contributed by atoms with Crippen molar-refractivity contribution < 1.29 is 31.9 Å². The van der Waals surface area contributed by atoms with E-state index < -0.39 is 12.1 Å². The molecule has 1 aliphatic heterocycles. The summed E-state index contributed by atoms with van der Waals surface area (Å²) in [5.74, 6) is 1.70. The van der Waals surface area contributed by atoms with E-state index in [4.69, 9.17) is 9.15 Å². The summed E-state index contributed by atoms with van der Waals surface area (Å²) in [6.45, 7) is 2.85. The molecule has 2 aliphatic rings. The van der Waals surface area contributed by atoms with Gasteiger partial charge in [-0.2, -0.15) is 0 Å². The fraction of sp³-hybridized carbons (Fsp3) is 0.476.